The maximum Gasteiger partial charge on any atom is 0.270 e. The van der Waals surface area contributed by atoms with Crippen molar-refractivity contribution in [2.45, 2.75) is 17.7 Å². The van der Waals surface area contributed by atoms with Crippen LogP contribution in [0.4, 0.5) is 8.78 Å². The summed E-state index contributed by atoms with van der Waals surface area (Å²) >= 11 is 0. The Morgan fingerprint density at radius 2 is 1.86 bits per heavy atom. The first-order chi connectivity index (χ1) is 7.46. The summed E-state index contributed by atoms with van der Waals surface area (Å²) < 4.78 is 68.5. The number of hydrogen-bond donors (Lipinski definition) is 0. The standard InChI is InChI=1S/C8H7ClF2O2S/c1-8(10,11)6-2-4-7(5-3-6)14(9,12)13/h2-5H,1H3/i1D3. The van der Waals surface area contributed by atoms with Crippen LogP contribution >= 0.6 is 10.7 Å². The van der Waals surface area contributed by atoms with Crippen molar-refractivity contribution in [2.24, 2.45) is 0 Å². The Balaban J connectivity index is 3.21. The minimum Gasteiger partial charge on any atom is -0.207 e. The maximum absolute atomic E-state index is 13.3. The lowest BCUT2D eigenvalue weighted by atomic mass is 10.1. The Bertz CT molecular complexity index is 511. The highest BCUT2D eigenvalue weighted by molar-refractivity contribution is 8.13. The molecule has 78 valence electrons. The van der Waals surface area contributed by atoms with Gasteiger partial charge in [-0.25, -0.2) is 17.2 Å². The normalized spacial score (nSPS) is 16.9. The fraction of sp³-hybridized carbons (Fsp3) is 0.250. The SMILES string of the molecule is [2H]C([2H])([2H])C(F)(F)c1ccc(S(=O)(=O)Cl)cc1. The molecule has 0 unspecified atom stereocenters. The van der Waals surface area contributed by atoms with Crippen LogP contribution in [-0.4, -0.2) is 8.42 Å². The van der Waals surface area contributed by atoms with Gasteiger partial charge in [0.05, 0.1) is 4.90 Å². The molecule has 2 nitrogen and oxygen atoms in total. The van der Waals surface area contributed by atoms with Crippen molar-refractivity contribution in [1.82, 2.24) is 0 Å². The molecule has 14 heavy (non-hydrogen) atoms. The molecule has 0 bridgehead atoms. The van der Waals surface area contributed by atoms with E-state index >= 15 is 0 Å². The van der Waals surface area contributed by atoms with Gasteiger partial charge >= 0.3 is 0 Å². The van der Waals surface area contributed by atoms with Gasteiger partial charge < -0.3 is 0 Å². The molecule has 0 saturated carbocycles. The topological polar surface area (TPSA) is 34.1 Å². The molecule has 1 aromatic carbocycles. The minimum absolute atomic E-state index is 0.371. The van der Waals surface area contributed by atoms with Crippen LogP contribution in [0.5, 0.6) is 0 Å². The van der Waals surface area contributed by atoms with E-state index in [1.165, 1.54) is 0 Å². The summed E-state index contributed by atoms with van der Waals surface area (Å²) in [7, 11) is 0.975. The molecule has 1 aromatic rings. The highest BCUT2D eigenvalue weighted by atomic mass is 35.7. The van der Waals surface area contributed by atoms with Crippen LogP contribution in [0.1, 0.15) is 16.5 Å². The first-order valence-corrected chi connectivity index (χ1v) is 5.70. The zero-order chi connectivity index (χ0) is 13.5. The van der Waals surface area contributed by atoms with Gasteiger partial charge in [-0.3, -0.25) is 0 Å². The maximum atomic E-state index is 13.3. The van der Waals surface area contributed by atoms with Gasteiger partial charge in [0.2, 0.25) is 0 Å². The van der Waals surface area contributed by atoms with Gasteiger partial charge in [-0.2, -0.15) is 0 Å². The van der Waals surface area contributed by atoms with Crippen molar-refractivity contribution in [3.05, 3.63) is 29.8 Å². The lowest BCUT2D eigenvalue weighted by Crippen LogP contribution is -2.06. The van der Waals surface area contributed by atoms with Gasteiger partial charge in [0, 0.05) is 27.2 Å². The van der Waals surface area contributed by atoms with Crippen molar-refractivity contribution in [3.8, 4) is 0 Å². The van der Waals surface area contributed by atoms with E-state index in [-0.39, 0.29) is 4.90 Å². The second kappa shape index (κ2) is 3.47. The quantitative estimate of drug-likeness (QED) is 0.749. The first-order valence-electron chi connectivity index (χ1n) is 4.89. The highest BCUT2D eigenvalue weighted by Crippen LogP contribution is 2.28. The fourth-order valence-electron chi connectivity index (χ4n) is 0.827. The smallest absolute Gasteiger partial charge is 0.207 e. The number of rotatable bonds is 2. The highest BCUT2D eigenvalue weighted by Gasteiger charge is 2.24. The van der Waals surface area contributed by atoms with Crippen molar-refractivity contribution in [1.29, 1.82) is 0 Å². The van der Waals surface area contributed by atoms with E-state index < -0.39 is 27.4 Å². The van der Waals surface area contributed by atoms with Crippen molar-refractivity contribution in [2.75, 3.05) is 0 Å². The number of halogens is 3. The average Bonchev–Trinajstić information content (AvgIpc) is 2.15. The van der Waals surface area contributed by atoms with Gasteiger partial charge in [0.25, 0.3) is 15.0 Å². The molecular formula is C8H7ClF2O2S. The first kappa shape index (κ1) is 7.59. The number of hydrogen-bond acceptors (Lipinski definition) is 2. The van der Waals surface area contributed by atoms with Gasteiger partial charge in [-0.05, 0) is 12.1 Å². The van der Waals surface area contributed by atoms with E-state index in [0.717, 1.165) is 24.3 Å². The molecule has 0 fully saturated rings. The molecule has 1 rings (SSSR count). The summed E-state index contributed by atoms with van der Waals surface area (Å²) in [6, 6.07) is 3.11. The summed E-state index contributed by atoms with van der Waals surface area (Å²) in [4.78, 5) is -0.371. The third kappa shape index (κ3) is 2.65. The average molecular weight is 244 g/mol. The van der Waals surface area contributed by atoms with Crippen LogP contribution in [0.15, 0.2) is 29.2 Å². The van der Waals surface area contributed by atoms with Crippen LogP contribution in [0, 0.1) is 0 Å². The summed E-state index contributed by atoms with van der Waals surface area (Å²) in [5, 5.41) is 0. The third-order valence-corrected chi connectivity index (χ3v) is 2.87. The minimum atomic E-state index is -4.04. The van der Waals surface area contributed by atoms with Crippen molar-refractivity contribution < 1.29 is 21.3 Å². The van der Waals surface area contributed by atoms with E-state index in [9.17, 15) is 17.2 Å². The van der Waals surface area contributed by atoms with E-state index in [1.54, 1.807) is 0 Å². The molecule has 0 aliphatic carbocycles. The molecule has 0 saturated heterocycles. The lowest BCUT2D eigenvalue weighted by Gasteiger charge is -2.09. The van der Waals surface area contributed by atoms with E-state index in [4.69, 9.17) is 14.8 Å². The Labute approximate surface area is 89.1 Å². The molecule has 0 atom stereocenters. The fourth-order valence-corrected chi connectivity index (χ4v) is 1.60. The molecule has 0 N–H and O–H groups in total. The van der Waals surface area contributed by atoms with Crippen LogP contribution in [0.3, 0.4) is 0 Å². The summed E-state index contributed by atoms with van der Waals surface area (Å²) in [6.07, 6.45) is 0. The van der Waals surface area contributed by atoms with Gasteiger partial charge in [0.15, 0.2) is 0 Å². The van der Waals surface area contributed by atoms with Gasteiger partial charge in [0.1, 0.15) is 0 Å². The van der Waals surface area contributed by atoms with Gasteiger partial charge in [-0.1, -0.05) is 12.1 Å². The zero-order valence-electron chi connectivity index (χ0n) is 9.67. The Morgan fingerprint density at radius 1 is 1.36 bits per heavy atom. The van der Waals surface area contributed by atoms with Crippen LogP contribution in [0.25, 0.3) is 0 Å². The number of benzene rings is 1. The van der Waals surface area contributed by atoms with Crippen molar-refractivity contribution >= 4 is 19.7 Å². The summed E-state index contributed by atoms with van der Waals surface area (Å²) in [5.74, 6) is -4.04. The molecule has 0 aliphatic rings. The molecule has 0 spiro atoms. The Hall–Kier alpha value is -0.680. The molecule has 0 heterocycles. The second-order valence-electron chi connectivity index (χ2n) is 2.54. The lowest BCUT2D eigenvalue weighted by molar-refractivity contribution is 0.0174. The molecular weight excluding hydrogens is 234 g/mol. The molecule has 0 amide bonds. The monoisotopic (exact) mass is 243 g/mol. The van der Waals surface area contributed by atoms with Crippen LogP contribution in [0.2, 0.25) is 0 Å². The van der Waals surface area contributed by atoms with Gasteiger partial charge in [-0.15, -0.1) is 0 Å². The largest absolute Gasteiger partial charge is 0.270 e. The Kier molecular flexibility index (Phi) is 1.88. The van der Waals surface area contributed by atoms with Crippen LogP contribution in [-0.2, 0) is 15.0 Å². The molecule has 6 heteroatoms. The molecule has 0 aromatic heterocycles. The Morgan fingerprint density at radius 3 is 2.21 bits per heavy atom. The predicted octanol–water partition coefficient (Wildman–Crippen LogP) is 2.73. The zero-order valence-corrected chi connectivity index (χ0v) is 8.24. The molecule has 0 radical (unpaired) electrons. The van der Waals surface area contributed by atoms with Crippen molar-refractivity contribution in [3.63, 3.8) is 0 Å². The van der Waals surface area contributed by atoms with Crippen LogP contribution < -0.4 is 0 Å². The summed E-state index contributed by atoms with van der Waals surface area (Å²) in [6.45, 7) is -3.49. The molecule has 0 aliphatic heterocycles. The van der Waals surface area contributed by atoms with E-state index in [0.29, 0.717) is 0 Å². The second-order valence-corrected chi connectivity index (χ2v) is 5.10. The third-order valence-electron chi connectivity index (χ3n) is 1.50. The summed E-state index contributed by atoms with van der Waals surface area (Å²) in [5.41, 5.74) is -0.790. The van der Waals surface area contributed by atoms with E-state index in [1.807, 2.05) is 0 Å². The predicted molar refractivity (Wildman–Crippen MR) is 49.0 cm³/mol. The number of alkyl halides is 2. The van der Waals surface area contributed by atoms with E-state index in [2.05, 4.69) is 0 Å².